The van der Waals surface area contributed by atoms with Gasteiger partial charge >= 0.3 is 0 Å². The zero-order chi connectivity index (χ0) is 23.7. The lowest BCUT2D eigenvalue weighted by Gasteiger charge is -2.17. The van der Waals surface area contributed by atoms with Crippen molar-refractivity contribution in [1.82, 2.24) is 4.90 Å². The Morgan fingerprint density at radius 1 is 1.00 bits per heavy atom. The van der Waals surface area contributed by atoms with Crippen LogP contribution >= 0.6 is 0 Å². The highest BCUT2D eigenvalue weighted by Crippen LogP contribution is 2.31. The molecule has 0 aliphatic carbocycles. The van der Waals surface area contributed by atoms with E-state index in [-0.39, 0.29) is 30.4 Å². The molecule has 8 heteroatoms. The van der Waals surface area contributed by atoms with E-state index in [9.17, 15) is 18.8 Å². The average Bonchev–Trinajstić information content (AvgIpc) is 3.43. The minimum absolute atomic E-state index is 0.120. The summed E-state index contributed by atoms with van der Waals surface area (Å²) in [7, 11) is 0. The van der Waals surface area contributed by atoms with Crippen LogP contribution in [0.1, 0.15) is 43.9 Å². The molecule has 0 radical (unpaired) electrons. The van der Waals surface area contributed by atoms with E-state index in [4.69, 9.17) is 9.47 Å². The number of nitrogens with one attached hydrogen (secondary N) is 1. The first kappa shape index (κ1) is 21.8. The normalized spacial score (nSPS) is 17.1. The average molecular weight is 460 g/mol. The Morgan fingerprint density at radius 2 is 1.76 bits per heavy atom. The number of ether oxygens (including phenoxy) is 2. The maximum Gasteiger partial charge on any atom is 0.261 e. The molecule has 2 aliphatic rings. The second-order valence-electron chi connectivity index (χ2n) is 8.15. The smallest absolute Gasteiger partial charge is 0.261 e. The summed E-state index contributed by atoms with van der Waals surface area (Å²) < 4.78 is 24.5. The molecule has 1 atom stereocenters. The fourth-order valence-electron chi connectivity index (χ4n) is 4.07. The number of benzene rings is 3. The molecule has 0 spiro atoms. The molecule has 1 N–H and O–H groups in total. The Kier molecular flexibility index (Phi) is 5.81. The fraction of sp³-hybridized carbons (Fsp3) is 0.192. The van der Waals surface area contributed by atoms with Crippen LogP contribution in [0.2, 0.25) is 0 Å². The van der Waals surface area contributed by atoms with Crippen LogP contribution in [0.4, 0.5) is 10.1 Å². The van der Waals surface area contributed by atoms with Crippen molar-refractivity contribution in [1.29, 1.82) is 0 Å². The van der Waals surface area contributed by atoms with Crippen LogP contribution in [0, 0.1) is 5.82 Å². The Hall–Kier alpha value is -4.04. The summed E-state index contributed by atoms with van der Waals surface area (Å²) in [5.74, 6) is -0.666. The molecular formula is C26H21FN2O5. The van der Waals surface area contributed by atoms with Gasteiger partial charge in [0, 0.05) is 23.9 Å². The first-order valence-corrected chi connectivity index (χ1v) is 10.9. The van der Waals surface area contributed by atoms with E-state index < -0.39 is 5.82 Å². The van der Waals surface area contributed by atoms with Gasteiger partial charge in [-0.3, -0.25) is 19.3 Å². The predicted molar refractivity (Wildman–Crippen MR) is 122 cm³/mol. The van der Waals surface area contributed by atoms with Gasteiger partial charge in [0.1, 0.15) is 17.3 Å². The third-order valence-corrected chi connectivity index (χ3v) is 5.79. The first-order valence-electron chi connectivity index (χ1n) is 10.9. The van der Waals surface area contributed by atoms with E-state index in [0.29, 0.717) is 40.5 Å². The number of halogens is 1. The van der Waals surface area contributed by atoms with E-state index in [0.717, 1.165) is 12.8 Å². The number of amides is 3. The van der Waals surface area contributed by atoms with Crippen molar-refractivity contribution < 1.29 is 28.2 Å². The third kappa shape index (κ3) is 4.40. The summed E-state index contributed by atoms with van der Waals surface area (Å²) >= 11 is 0. The third-order valence-electron chi connectivity index (χ3n) is 5.79. The second kappa shape index (κ2) is 9.07. The number of anilines is 1. The van der Waals surface area contributed by atoms with Crippen LogP contribution in [0.3, 0.4) is 0 Å². The molecule has 1 fully saturated rings. The highest BCUT2D eigenvalue weighted by molar-refractivity contribution is 6.21. The van der Waals surface area contributed by atoms with Gasteiger partial charge in [-0.15, -0.1) is 0 Å². The molecule has 3 aromatic rings. The summed E-state index contributed by atoms with van der Waals surface area (Å²) in [6.45, 7) is 0.896. The van der Waals surface area contributed by atoms with Gasteiger partial charge < -0.3 is 14.8 Å². The number of nitrogens with zero attached hydrogens (tertiary/aromatic N) is 1. The van der Waals surface area contributed by atoms with Crippen LogP contribution in [0.15, 0.2) is 66.7 Å². The van der Waals surface area contributed by atoms with Gasteiger partial charge in [0.25, 0.3) is 17.7 Å². The molecule has 34 heavy (non-hydrogen) atoms. The SMILES string of the molecule is O=C(Nc1cccc(Oc2ccc3c(c2)C(=O)N(CC2CCCO2)C3=O)c1)c1ccc(F)cc1. The van der Waals surface area contributed by atoms with Crippen molar-refractivity contribution in [2.75, 3.05) is 18.5 Å². The van der Waals surface area contributed by atoms with Gasteiger partial charge in [-0.1, -0.05) is 6.07 Å². The van der Waals surface area contributed by atoms with Gasteiger partial charge in [0.15, 0.2) is 0 Å². The van der Waals surface area contributed by atoms with Crippen molar-refractivity contribution >= 4 is 23.4 Å². The van der Waals surface area contributed by atoms with Crippen molar-refractivity contribution in [2.45, 2.75) is 18.9 Å². The van der Waals surface area contributed by atoms with Crippen molar-refractivity contribution in [3.63, 3.8) is 0 Å². The molecule has 5 rings (SSSR count). The molecular weight excluding hydrogens is 439 g/mol. The lowest BCUT2D eigenvalue weighted by molar-refractivity contribution is 0.0475. The van der Waals surface area contributed by atoms with Crippen LogP contribution in [-0.4, -0.2) is 41.9 Å². The summed E-state index contributed by atoms with van der Waals surface area (Å²) in [5, 5.41) is 2.74. The van der Waals surface area contributed by atoms with Gasteiger partial charge in [-0.25, -0.2) is 4.39 Å². The fourth-order valence-corrected chi connectivity index (χ4v) is 4.07. The number of carbonyl (C=O) groups is 3. The minimum Gasteiger partial charge on any atom is -0.457 e. The van der Waals surface area contributed by atoms with Crippen LogP contribution in [0.5, 0.6) is 11.5 Å². The highest BCUT2D eigenvalue weighted by Gasteiger charge is 2.37. The lowest BCUT2D eigenvalue weighted by Crippen LogP contribution is -2.36. The lowest BCUT2D eigenvalue weighted by atomic mass is 10.1. The molecule has 0 aromatic heterocycles. The van der Waals surface area contributed by atoms with Gasteiger partial charge in [0.2, 0.25) is 0 Å². The van der Waals surface area contributed by atoms with E-state index in [1.807, 2.05) is 0 Å². The molecule has 3 aromatic carbocycles. The number of fused-ring (bicyclic) bond motifs is 1. The summed E-state index contributed by atoms with van der Waals surface area (Å²) in [5.41, 5.74) is 1.45. The van der Waals surface area contributed by atoms with Crippen molar-refractivity contribution in [3.8, 4) is 11.5 Å². The predicted octanol–water partition coefficient (Wildman–Crippen LogP) is 4.65. The van der Waals surface area contributed by atoms with Crippen LogP contribution < -0.4 is 10.1 Å². The molecule has 2 heterocycles. The number of rotatable bonds is 6. The van der Waals surface area contributed by atoms with Crippen LogP contribution in [-0.2, 0) is 4.74 Å². The Balaban J connectivity index is 1.29. The zero-order valence-electron chi connectivity index (χ0n) is 18.1. The topological polar surface area (TPSA) is 84.9 Å². The number of hydrogen-bond acceptors (Lipinski definition) is 5. The van der Waals surface area contributed by atoms with Gasteiger partial charge in [0.05, 0.1) is 23.8 Å². The highest BCUT2D eigenvalue weighted by atomic mass is 19.1. The van der Waals surface area contributed by atoms with E-state index in [2.05, 4.69) is 5.32 Å². The Bertz CT molecular complexity index is 1270. The van der Waals surface area contributed by atoms with Crippen molar-refractivity contribution in [2.24, 2.45) is 0 Å². The summed E-state index contributed by atoms with van der Waals surface area (Å²) in [6.07, 6.45) is 1.64. The number of imide groups is 1. The second-order valence-corrected chi connectivity index (χ2v) is 8.15. The van der Waals surface area contributed by atoms with E-state index in [1.165, 1.54) is 29.2 Å². The van der Waals surface area contributed by atoms with Gasteiger partial charge in [-0.05, 0) is 67.4 Å². The number of carbonyl (C=O) groups excluding carboxylic acids is 3. The van der Waals surface area contributed by atoms with Crippen LogP contribution in [0.25, 0.3) is 0 Å². The van der Waals surface area contributed by atoms with E-state index >= 15 is 0 Å². The first-order chi connectivity index (χ1) is 16.5. The van der Waals surface area contributed by atoms with Crippen molar-refractivity contribution in [3.05, 3.63) is 89.2 Å². The zero-order valence-corrected chi connectivity index (χ0v) is 18.1. The summed E-state index contributed by atoms with van der Waals surface area (Å²) in [4.78, 5) is 39.2. The largest absolute Gasteiger partial charge is 0.457 e. The molecule has 2 aliphatic heterocycles. The minimum atomic E-state index is -0.420. The molecule has 0 bridgehead atoms. The monoisotopic (exact) mass is 460 g/mol. The standard InChI is InChI=1S/C26H21FN2O5/c27-17-8-6-16(7-9-17)24(30)28-18-3-1-4-19(13-18)34-20-10-11-22-23(14-20)26(32)29(25(22)31)15-21-5-2-12-33-21/h1,3-4,6-11,13-14,21H,2,5,12,15H2,(H,28,30). The molecule has 3 amide bonds. The van der Waals surface area contributed by atoms with Gasteiger partial charge in [-0.2, -0.15) is 0 Å². The number of hydrogen-bond donors (Lipinski definition) is 1. The maximum absolute atomic E-state index is 13.1. The molecule has 172 valence electrons. The Morgan fingerprint density at radius 3 is 2.53 bits per heavy atom. The maximum atomic E-state index is 13.1. The molecule has 7 nitrogen and oxygen atoms in total. The molecule has 1 saturated heterocycles. The Labute approximate surface area is 195 Å². The molecule has 0 saturated carbocycles. The quantitative estimate of drug-likeness (QED) is 0.542. The molecule has 1 unspecified atom stereocenters. The van der Waals surface area contributed by atoms with E-state index in [1.54, 1.807) is 42.5 Å². The summed E-state index contributed by atoms with van der Waals surface area (Å²) in [6, 6.07) is 16.7.